The van der Waals surface area contributed by atoms with E-state index in [2.05, 4.69) is 10.6 Å². The Hall–Kier alpha value is -2.77. The van der Waals surface area contributed by atoms with E-state index < -0.39 is 12.1 Å². The molecule has 142 valence electrons. The molecule has 5 amide bonds. The minimum absolute atomic E-state index is 0.136. The molecule has 0 radical (unpaired) electrons. The molecule has 0 unspecified atom stereocenters. The third kappa shape index (κ3) is 4.65. The largest absolute Gasteiger partial charge is 0.378 e. The van der Waals surface area contributed by atoms with E-state index in [9.17, 15) is 14.4 Å². The van der Waals surface area contributed by atoms with Gasteiger partial charge in [0, 0.05) is 40.4 Å². The van der Waals surface area contributed by atoms with Gasteiger partial charge in [0.05, 0.1) is 5.69 Å². The van der Waals surface area contributed by atoms with Gasteiger partial charge in [0.2, 0.25) is 0 Å². The Kier molecular flexibility index (Phi) is 6.43. The SMILES string of the molecule is CN(C)C(=O)NCCCC[C@@H]1NC(=O)N(c2ccc(N(C)C)cc2)C1=O. The number of hydrogen-bond donors (Lipinski definition) is 2. The Balaban J connectivity index is 1.85. The number of carbonyl (C=O) groups excluding carboxylic acids is 3. The number of hydrogen-bond acceptors (Lipinski definition) is 4. The van der Waals surface area contributed by atoms with Crippen molar-refractivity contribution in [2.45, 2.75) is 25.3 Å². The Morgan fingerprint density at radius 2 is 1.77 bits per heavy atom. The fourth-order valence-corrected chi connectivity index (χ4v) is 2.70. The standard InChI is InChI=1S/C18H27N5O3/c1-21(2)13-8-10-14(11-9-13)23-16(24)15(20-18(23)26)7-5-6-12-19-17(25)22(3)4/h8-11,15H,5-7,12H2,1-4H3,(H,19,25)(H,20,26)/t15-/m0/s1. The molecule has 1 aromatic rings. The van der Waals surface area contributed by atoms with E-state index >= 15 is 0 Å². The van der Waals surface area contributed by atoms with Crippen molar-refractivity contribution >= 4 is 29.3 Å². The lowest BCUT2D eigenvalue weighted by molar-refractivity contribution is -0.118. The second-order valence-electron chi connectivity index (χ2n) is 6.71. The van der Waals surface area contributed by atoms with Crippen LogP contribution in [0, 0.1) is 0 Å². The van der Waals surface area contributed by atoms with Crippen LogP contribution in [0.1, 0.15) is 19.3 Å². The van der Waals surface area contributed by atoms with E-state index in [1.54, 1.807) is 26.2 Å². The number of unbranched alkanes of at least 4 members (excludes halogenated alkanes) is 1. The summed E-state index contributed by atoms with van der Waals surface area (Å²) in [7, 11) is 7.23. The van der Waals surface area contributed by atoms with Gasteiger partial charge in [-0.25, -0.2) is 14.5 Å². The lowest BCUT2D eigenvalue weighted by Gasteiger charge is -2.16. The highest BCUT2D eigenvalue weighted by atomic mass is 16.2. The Morgan fingerprint density at radius 1 is 1.12 bits per heavy atom. The molecule has 0 aromatic heterocycles. The van der Waals surface area contributed by atoms with Gasteiger partial charge in [0.1, 0.15) is 6.04 Å². The predicted molar refractivity (Wildman–Crippen MR) is 102 cm³/mol. The third-order valence-corrected chi connectivity index (χ3v) is 4.25. The number of nitrogens with zero attached hydrogens (tertiary/aromatic N) is 3. The number of rotatable bonds is 7. The van der Waals surface area contributed by atoms with Crippen molar-refractivity contribution in [2.75, 3.05) is 44.5 Å². The highest BCUT2D eigenvalue weighted by Gasteiger charge is 2.38. The van der Waals surface area contributed by atoms with Gasteiger partial charge in [-0.3, -0.25) is 4.79 Å². The molecule has 1 aliphatic rings. The smallest absolute Gasteiger partial charge is 0.329 e. The highest BCUT2D eigenvalue weighted by Crippen LogP contribution is 2.24. The predicted octanol–water partition coefficient (Wildman–Crippen LogP) is 1.62. The van der Waals surface area contributed by atoms with Gasteiger partial charge in [-0.2, -0.15) is 0 Å². The van der Waals surface area contributed by atoms with Gasteiger partial charge in [-0.05, 0) is 43.5 Å². The summed E-state index contributed by atoms with van der Waals surface area (Å²) in [5.74, 6) is -0.232. The van der Waals surface area contributed by atoms with E-state index in [0.29, 0.717) is 18.7 Å². The summed E-state index contributed by atoms with van der Waals surface area (Å²) in [6.45, 7) is 0.543. The van der Waals surface area contributed by atoms with Gasteiger partial charge in [0.15, 0.2) is 0 Å². The molecule has 0 bridgehead atoms. The molecule has 2 rings (SSSR count). The molecule has 1 aliphatic heterocycles. The Morgan fingerprint density at radius 3 is 2.35 bits per heavy atom. The van der Waals surface area contributed by atoms with Crippen molar-refractivity contribution in [3.63, 3.8) is 0 Å². The molecule has 1 atom stereocenters. The summed E-state index contributed by atoms with van der Waals surface area (Å²) in [5.41, 5.74) is 1.57. The van der Waals surface area contributed by atoms with E-state index in [1.807, 2.05) is 31.1 Å². The highest BCUT2D eigenvalue weighted by molar-refractivity contribution is 6.21. The summed E-state index contributed by atoms with van der Waals surface area (Å²) < 4.78 is 0. The molecule has 8 heteroatoms. The summed E-state index contributed by atoms with van der Waals surface area (Å²) in [4.78, 5) is 40.8. The molecular weight excluding hydrogens is 334 g/mol. The molecule has 8 nitrogen and oxygen atoms in total. The molecule has 0 aliphatic carbocycles. The lowest BCUT2D eigenvalue weighted by atomic mass is 10.1. The van der Waals surface area contributed by atoms with E-state index in [-0.39, 0.29) is 11.9 Å². The third-order valence-electron chi connectivity index (χ3n) is 4.25. The average Bonchev–Trinajstić information content (AvgIpc) is 2.88. The first kappa shape index (κ1) is 19.6. The van der Waals surface area contributed by atoms with Gasteiger partial charge in [0.25, 0.3) is 5.91 Å². The van der Waals surface area contributed by atoms with Crippen LogP contribution in [0.4, 0.5) is 21.0 Å². The summed E-state index contributed by atoms with van der Waals surface area (Å²) in [5, 5.41) is 5.52. The molecule has 0 spiro atoms. The molecule has 0 saturated carbocycles. The van der Waals surface area contributed by atoms with Crippen LogP contribution in [0.2, 0.25) is 0 Å². The number of anilines is 2. The van der Waals surface area contributed by atoms with Crippen molar-refractivity contribution in [1.82, 2.24) is 15.5 Å². The second-order valence-corrected chi connectivity index (χ2v) is 6.71. The van der Waals surface area contributed by atoms with Gasteiger partial charge < -0.3 is 20.4 Å². The second kappa shape index (κ2) is 8.55. The van der Waals surface area contributed by atoms with Crippen LogP contribution >= 0.6 is 0 Å². The van der Waals surface area contributed by atoms with E-state index in [4.69, 9.17) is 0 Å². The number of benzene rings is 1. The van der Waals surface area contributed by atoms with Crippen LogP contribution in [0.25, 0.3) is 0 Å². The van der Waals surface area contributed by atoms with Crippen LogP contribution < -0.4 is 20.4 Å². The van der Waals surface area contributed by atoms with Crippen LogP contribution in [-0.4, -0.2) is 63.6 Å². The monoisotopic (exact) mass is 361 g/mol. The Labute approximate surface area is 154 Å². The number of carbonyl (C=O) groups is 3. The molecular formula is C18H27N5O3. The van der Waals surface area contributed by atoms with Crippen LogP contribution in [0.15, 0.2) is 24.3 Å². The molecule has 1 fully saturated rings. The summed E-state index contributed by atoms with van der Waals surface area (Å²) >= 11 is 0. The van der Waals surface area contributed by atoms with E-state index in [0.717, 1.165) is 18.5 Å². The van der Waals surface area contributed by atoms with Crippen molar-refractivity contribution in [3.05, 3.63) is 24.3 Å². The van der Waals surface area contributed by atoms with Crippen molar-refractivity contribution < 1.29 is 14.4 Å². The zero-order chi connectivity index (χ0) is 19.3. The fourth-order valence-electron chi connectivity index (χ4n) is 2.70. The van der Waals surface area contributed by atoms with Crippen LogP contribution in [0.3, 0.4) is 0 Å². The zero-order valence-electron chi connectivity index (χ0n) is 15.8. The minimum Gasteiger partial charge on any atom is -0.378 e. The Bertz CT molecular complexity index is 657. The lowest BCUT2D eigenvalue weighted by Crippen LogP contribution is -2.35. The van der Waals surface area contributed by atoms with E-state index in [1.165, 1.54) is 9.80 Å². The number of urea groups is 2. The van der Waals surface area contributed by atoms with Gasteiger partial charge in [-0.15, -0.1) is 0 Å². The maximum Gasteiger partial charge on any atom is 0.329 e. The molecule has 1 saturated heterocycles. The van der Waals surface area contributed by atoms with Gasteiger partial charge in [-0.1, -0.05) is 0 Å². The summed E-state index contributed by atoms with van der Waals surface area (Å²) in [6.07, 6.45) is 2.03. The fraction of sp³-hybridized carbons (Fsp3) is 0.500. The van der Waals surface area contributed by atoms with Crippen molar-refractivity contribution in [1.29, 1.82) is 0 Å². The van der Waals surface area contributed by atoms with Crippen molar-refractivity contribution in [3.8, 4) is 0 Å². The normalized spacial score (nSPS) is 16.5. The number of nitrogens with one attached hydrogen (secondary N) is 2. The summed E-state index contributed by atoms with van der Waals surface area (Å²) in [6, 6.07) is 6.24. The van der Waals surface area contributed by atoms with Gasteiger partial charge >= 0.3 is 12.1 Å². The maximum atomic E-state index is 12.6. The average molecular weight is 361 g/mol. The number of amides is 5. The van der Waals surface area contributed by atoms with Crippen LogP contribution in [-0.2, 0) is 4.79 Å². The first-order chi connectivity index (χ1) is 12.3. The molecule has 2 N–H and O–H groups in total. The molecule has 1 aromatic carbocycles. The minimum atomic E-state index is -0.513. The first-order valence-corrected chi connectivity index (χ1v) is 8.68. The van der Waals surface area contributed by atoms with Crippen molar-refractivity contribution in [2.24, 2.45) is 0 Å². The molecule has 26 heavy (non-hydrogen) atoms. The van der Waals surface area contributed by atoms with Crippen LogP contribution in [0.5, 0.6) is 0 Å². The topological polar surface area (TPSA) is 85.0 Å². The zero-order valence-corrected chi connectivity index (χ0v) is 15.8. The quantitative estimate of drug-likeness (QED) is 0.571. The maximum absolute atomic E-state index is 12.6. The molecule has 1 heterocycles. The number of imide groups is 1. The first-order valence-electron chi connectivity index (χ1n) is 8.68.